The summed E-state index contributed by atoms with van der Waals surface area (Å²) in [6.07, 6.45) is 6.68. The molecule has 2 fully saturated rings. The molecular formula is C17H23N3O4. The molecule has 1 aliphatic heterocycles. The first-order chi connectivity index (χ1) is 11.7. The van der Waals surface area contributed by atoms with E-state index in [0.717, 1.165) is 25.7 Å². The van der Waals surface area contributed by atoms with E-state index in [1.165, 1.54) is 6.42 Å². The zero-order valence-corrected chi connectivity index (χ0v) is 13.6. The summed E-state index contributed by atoms with van der Waals surface area (Å²) >= 11 is 0. The van der Waals surface area contributed by atoms with Crippen LogP contribution in [-0.2, 0) is 25.6 Å². The average Bonchev–Trinajstić information content (AvgIpc) is 3.01. The lowest BCUT2D eigenvalue weighted by Gasteiger charge is -2.31. The third-order valence-electron chi connectivity index (χ3n) is 4.38. The fourth-order valence-corrected chi connectivity index (χ4v) is 3.11. The summed E-state index contributed by atoms with van der Waals surface area (Å²) in [7, 11) is 0. The minimum Gasteiger partial charge on any atom is -0.347 e. The fraction of sp³-hybridized carbons (Fsp3) is 0.588. The predicted molar refractivity (Wildman–Crippen MR) is 85.7 cm³/mol. The third kappa shape index (κ3) is 4.30. The van der Waals surface area contributed by atoms with Crippen molar-refractivity contribution in [2.45, 2.75) is 50.5 Å². The Morgan fingerprint density at radius 1 is 1.17 bits per heavy atom. The van der Waals surface area contributed by atoms with Crippen molar-refractivity contribution in [3.8, 4) is 0 Å². The molecule has 1 saturated heterocycles. The number of carbonyl (C=O) groups excluding carboxylic acids is 2. The van der Waals surface area contributed by atoms with E-state index in [4.69, 9.17) is 9.47 Å². The highest BCUT2D eigenvalue weighted by atomic mass is 16.7. The summed E-state index contributed by atoms with van der Waals surface area (Å²) < 4.78 is 11.8. The maximum Gasteiger partial charge on any atom is 0.309 e. The molecule has 0 aromatic carbocycles. The Hall–Kier alpha value is -1.99. The molecule has 1 aromatic heterocycles. The van der Waals surface area contributed by atoms with Crippen LogP contribution in [0.25, 0.3) is 0 Å². The second-order valence-corrected chi connectivity index (χ2v) is 6.24. The standard InChI is InChI=1S/C17H23N3O4/c21-15(19-10-13-6-2-5-9-18-13)16(22)20-11-14-12-23-17(24-14)7-3-1-4-8-17/h2,5-6,9,14H,1,3-4,7-8,10-12H2,(H,19,21)(H,20,22). The Morgan fingerprint density at radius 3 is 2.71 bits per heavy atom. The fourth-order valence-electron chi connectivity index (χ4n) is 3.11. The summed E-state index contributed by atoms with van der Waals surface area (Å²) in [4.78, 5) is 27.7. The van der Waals surface area contributed by atoms with E-state index in [9.17, 15) is 9.59 Å². The molecule has 1 unspecified atom stereocenters. The zero-order chi connectivity index (χ0) is 16.8. The largest absolute Gasteiger partial charge is 0.347 e. The number of aromatic nitrogens is 1. The van der Waals surface area contributed by atoms with Crippen molar-refractivity contribution < 1.29 is 19.1 Å². The van der Waals surface area contributed by atoms with Crippen LogP contribution in [0.4, 0.5) is 0 Å². The molecule has 3 rings (SSSR count). The van der Waals surface area contributed by atoms with Crippen LogP contribution in [0.5, 0.6) is 0 Å². The summed E-state index contributed by atoms with van der Waals surface area (Å²) in [5.74, 6) is -1.81. The molecule has 1 aliphatic carbocycles. The molecule has 0 radical (unpaired) electrons. The molecule has 7 nitrogen and oxygen atoms in total. The maximum absolute atomic E-state index is 11.8. The Balaban J connectivity index is 1.38. The van der Waals surface area contributed by atoms with Crippen LogP contribution in [0.3, 0.4) is 0 Å². The van der Waals surface area contributed by atoms with Gasteiger partial charge in [0, 0.05) is 25.6 Å². The SMILES string of the molecule is O=C(NCc1ccccn1)C(=O)NCC1COC2(CCCCC2)O1. The topological polar surface area (TPSA) is 89.6 Å². The molecule has 0 bridgehead atoms. The van der Waals surface area contributed by atoms with E-state index >= 15 is 0 Å². The summed E-state index contributed by atoms with van der Waals surface area (Å²) in [5.41, 5.74) is 0.699. The quantitative estimate of drug-likeness (QED) is 0.799. The number of hydrogen-bond donors (Lipinski definition) is 2. The van der Waals surface area contributed by atoms with E-state index in [1.54, 1.807) is 18.3 Å². The lowest BCUT2D eigenvalue weighted by Crippen LogP contribution is -2.43. The number of rotatable bonds is 4. The minimum atomic E-state index is -0.674. The number of carbonyl (C=O) groups is 2. The first kappa shape index (κ1) is 16.9. The van der Waals surface area contributed by atoms with Gasteiger partial charge >= 0.3 is 11.8 Å². The van der Waals surface area contributed by atoms with Crippen molar-refractivity contribution in [3.63, 3.8) is 0 Å². The first-order valence-electron chi connectivity index (χ1n) is 8.45. The predicted octanol–water partition coefficient (Wildman–Crippen LogP) is 0.890. The van der Waals surface area contributed by atoms with Gasteiger partial charge in [-0.2, -0.15) is 0 Å². The molecule has 2 heterocycles. The normalized spacial score (nSPS) is 22.2. The van der Waals surface area contributed by atoms with Crippen molar-refractivity contribution >= 4 is 11.8 Å². The third-order valence-corrected chi connectivity index (χ3v) is 4.38. The number of pyridine rings is 1. The van der Waals surface area contributed by atoms with Gasteiger partial charge in [-0.15, -0.1) is 0 Å². The van der Waals surface area contributed by atoms with E-state index < -0.39 is 17.6 Å². The number of ether oxygens (including phenoxy) is 2. The number of nitrogens with one attached hydrogen (secondary N) is 2. The second-order valence-electron chi connectivity index (χ2n) is 6.24. The van der Waals surface area contributed by atoms with Crippen molar-refractivity contribution in [1.29, 1.82) is 0 Å². The van der Waals surface area contributed by atoms with E-state index in [2.05, 4.69) is 15.6 Å². The molecular weight excluding hydrogens is 310 g/mol. The van der Waals surface area contributed by atoms with Crippen LogP contribution in [0, 0.1) is 0 Å². The first-order valence-corrected chi connectivity index (χ1v) is 8.45. The Morgan fingerprint density at radius 2 is 1.96 bits per heavy atom. The molecule has 24 heavy (non-hydrogen) atoms. The molecule has 1 aromatic rings. The lowest BCUT2D eigenvalue weighted by atomic mass is 9.94. The lowest BCUT2D eigenvalue weighted by molar-refractivity contribution is -0.186. The van der Waals surface area contributed by atoms with Gasteiger partial charge in [0.25, 0.3) is 0 Å². The van der Waals surface area contributed by atoms with Gasteiger partial charge in [0.1, 0.15) is 6.10 Å². The van der Waals surface area contributed by atoms with Gasteiger partial charge in [-0.05, 0) is 25.0 Å². The van der Waals surface area contributed by atoms with Gasteiger partial charge < -0.3 is 20.1 Å². The molecule has 130 valence electrons. The van der Waals surface area contributed by atoms with Gasteiger partial charge in [-0.1, -0.05) is 12.5 Å². The van der Waals surface area contributed by atoms with Gasteiger partial charge in [-0.25, -0.2) is 0 Å². The summed E-state index contributed by atoms with van der Waals surface area (Å²) in [6, 6.07) is 5.40. The summed E-state index contributed by atoms with van der Waals surface area (Å²) in [5, 5.41) is 5.15. The highest BCUT2D eigenvalue weighted by Crippen LogP contribution is 2.37. The molecule has 2 amide bonds. The van der Waals surface area contributed by atoms with Crippen molar-refractivity contribution in [3.05, 3.63) is 30.1 Å². The smallest absolute Gasteiger partial charge is 0.309 e. The van der Waals surface area contributed by atoms with Crippen molar-refractivity contribution in [2.75, 3.05) is 13.2 Å². The van der Waals surface area contributed by atoms with Gasteiger partial charge in [0.05, 0.1) is 18.8 Å². The van der Waals surface area contributed by atoms with E-state index in [-0.39, 0.29) is 19.2 Å². The number of hydrogen-bond acceptors (Lipinski definition) is 5. The molecule has 1 saturated carbocycles. The monoisotopic (exact) mass is 333 g/mol. The van der Waals surface area contributed by atoms with Crippen LogP contribution in [-0.4, -0.2) is 41.8 Å². The second kappa shape index (κ2) is 7.72. The van der Waals surface area contributed by atoms with Crippen molar-refractivity contribution in [1.82, 2.24) is 15.6 Å². The average molecular weight is 333 g/mol. The zero-order valence-electron chi connectivity index (χ0n) is 13.6. The van der Waals surface area contributed by atoms with Gasteiger partial charge in [0.15, 0.2) is 5.79 Å². The Kier molecular flexibility index (Phi) is 5.42. The Labute approximate surface area is 141 Å². The molecule has 2 aliphatic rings. The molecule has 7 heteroatoms. The Bertz CT molecular complexity index is 572. The molecule has 1 atom stereocenters. The summed E-state index contributed by atoms with van der Waals surface area (Å²) in [6.45, 7) is 0.951. The highest BCUT2D eigenvalue weighted by molar-refractivity contribution is 6.35. The van der Waals surface area contributed by atoms with E-state index in [1.807, 2.05) is 6.07 Å². The van der Waals surface area contributed by atoms with Gasteiger partial charge in [-0.3, -0.25) is 14.6 Å². The van der Waals surface area contributed by atoms with Crippen molar-refractivity contribution in [2.24, 2.45) is 0 Å². The molecule has 1 spiro atoms. The van der Waals surface area contributed by atoms with Crippen LogP contribution in [0.15, 0.2) is 24.4 Å². The number of nitrogens with zero attached hydrogens (tertiary/aromatic N) is 1. The number of amides is 2. The highest BCUT2D eigenvalue weighted by Gasteiger charge is 2.42. The maximum atomic E-state index is 11.8. The van der Waals surface area contributed by atoms with Crippen LogP contribution >= 0.6 is 0 Å². The van der Waals surface area contributed by atoms with Gasteiger partial charge in [0.2, 0.25) is 0 Å². The van der Waals surface area contributed by atoms with Crippen LogP contribution in [0.1, 0.15) is 37.8 Å². The minimum absolute atomic E-state index is 0.198. The van der Waals surface area contributed by atoms with Crippen LogP contribution in [0.2, 0.25) is 0 Å². The van der Waals surface area contributed by atoms with Crippen LogP contribution < -0.4 is 10.6 Å². The molecule has 2 N–H and O–H groups in total. The van der Waals surface area contributed by atoms with E-state index in [0.29, 0.717) is 12.3 Å².